The van der Waals surface area contributed by atoms with Gasteiger partial charge in [-0.15, -0.1) is 5.54 Å². The van der Waals surface area contributed by atoms with Crippen molar-refractivity contribution in [2.75, 3.05) is 7.11 Å². The zero-order valence-electron chi connectivity index (χ0n) is 10.4. The average Bonchev–Trinajstić information content (AvgIpc) is 2.24. The molecule has 0 aliphatic rings. The van der Waals surface area contributed by atoms with Crippen molar-refractivity contribution >= 4 is 30.0 Å². The zero-order valence-corrected chi connectivity index (χ0v) is 13.0. The van der Waals surface area contributed by atoms with Gasteiger partial charge in [-0.1, -0.05) is 41.5 Å². The van der Waals surface area contributed by atoms with Crippen LogP contribution in [0.5, 0.6) is 0 Å². The molecule has 0 fully saturated rings. The second-order valence-electron chi connectivity index (χ2n) is 4.68. The van der Waals surface area contributed by atoms with Crippen molar-refractivity contribution in [2.45, 2.75) is 19.6 Å². The third-order valence-corrected chi connectivity index (χ3v) is 3.33. The van der Waals surface area contributed by atoms with Crippen LogP contribution in [0.4, 0.5) is 0 Å². The van der Waals surface area contributed by atoms with Gasteiger partial charge < -0.3 is 4.74 Å². The molecule has 90 valence electrons. The van der Waals surface area contributed by atoms with Crippen molar-refractivity contribution in [3.63, 3.8) is 0 Å². The Morgan fingerprint density at radius 2 is 2.00 bits per heavy atom. The third-order valence-electron chi connectivity index (χ3n) is 1.96. The van der Waals surface area contributed by atoms with Crippen LogP contribution in [0.25, 0.3) is 0 Å². The molecule has 0 bridgehead atoms. The Bertz CT molecular complexity index is 492. The molecule has 1 aromatic rings. The molecule has 0 spiro atoms. The summed E-state index contributed by atoms with van der Waals surface area (Å²) in [6.07, 6.45) is 0. The lowest BCUT2D eigenvalue weighted by atomic mass is 10.1. The Morgan fingerprint density at radius 3 is 2.53 bits per heavy atom. The number of hydrogen-bond donors (Lipinski definition) is 0. The molecule has 0 radical (unpaired) electrons. The lowest BCUT2D eigenvalue weighted by Crippen LogP contribution is -2.16. The second kappa shape index (κ2) is 5.52. The number of rotatable bonds is 1. The lowest BCUT2D eigenvalue weighted by molar-refractivity contribution is 0.0600. The summed E-state index contributed by atoms with van der Waals surface area (Å²) >= 11 is 3.38. The zero-order chi connectivity index (χ0) is 13.1. The Labute approximate surface area is 112 Å². The van der Waals surface area contributed by atoms with E-state index in [1.165, 1.54) is 7.11 Å². The monoisotopic (exact) mass is 310 g/mol. The van der Waals surface area contributed by atoms with Crippen molar-refractivity contribution in [3.8, 4) is 11.5 Å². The predicted octanol–water partition coefficient (Wildman–Crippen LogP) is 3.46. The minimum Gasteiger partial charge on any atom is -0.465 e. The van der Waals surface area contributed by atoms with Gasteiger partial charge in [-0.05, 0) is 18.2 Å². The number of carbonyl (C=O) groups excluding carboxylic acids is 1. The van der Waals surface area contributed by atoms with Crippen molar-refractivity contribution in [2.24, 2.45) is 0 Å². The molecular weight excluding hydrogens is 296 g/mol. The van der Waals surface area contributed by atoms with E-state index >= 15 is 0 Å². The largest absolute Gasteiger partial charge is 0.465 e. The van der Waals surface area contributed by atoms with Gasteiger partial charge in [0.25, 0.3) is 0 Å². The number of hydrogen-bond acceptors (Lipinski definition) is 2. The Morgan fingerprint density at radius 1 is 1.35 bits per heavy atom. The summed E-state index contributed by atoms with van der Waals surface area (Å²) in [4.78, 5) is 11.6. The minimum absolute atomic E-state index is 0.350. The minimum atomic E-state index is -1.45. The molecule has 0 saturated carbocycles. The van der Waals surface area contributed by atoms with Gasteiger partial charge in [0.1, 0.15) is 8.07 Å². The highest BCUT2D eigenvalue weighted by molar-refractivity contribution is 9.10. The highest BCUT2D eigenvalue weighted by Crippen LogP contribution is 2.17. The number of halogens is 1. The number of carbonyl (C=O) groups is 1. The highest BCUT2D eigenvalue weighted by atomic mass is 79.9. The van der Waals surface area contributed by atoms with Crippen LogP contribution in [0.2, 0.25) is 19.6 Å². The molecule has 0 aromatic heterocycles. The maximum atomic E-state index is 11.6. The van der Waals surface area contributed by atoms with Gasteiger partial charge in [0.2, 0.25) is 0 Å². The molecule has 0 aliphatic carbocycles. The van der Waals surface area contributed by atoms with Crippen molar-refractivity contribution in [3.05, 3.63) is 33.8 Å². The summed E-state index contributed by atoms with van der Waals surface area (Å²) in [6.45, 7) is 6.49. The first-order chi connectivity index (χ1) is 7.83. The molecule has 0 amide bonds. The van der Waals surface area contributed by atoms with Crippen LogP contribution >= 0.6 is 15.9 Å². The molecule has 1 rings (SSSR count). The fourth-order valence-electron chi connectivity index (χ4n) is 1.16. The Balaban J connectivity index is 3.24. The molecule has 4 heteroatoms. The summed E-state index contributed by atoms with van der Waals surface area (Å²) in [5.74, 6) is 2.74. The van der Waals surface area contributed by atoms with Gasteiger partial charge in [-0.2, -0.15) is 0 Å². The van der Waals surface area contributed by atoms with E-state index in [0.717, 1.165) is 4.47 Å². The Kier molecular flexibility index (Phi) is 4.55. The van der Waals surface area contributed by atoms with Gasteiger partial charge in [-0.3, -0.25) is 0 Å². The smallest absolute Gasteiger partial charge is 0.339 e. The van der Waals surface area contributed by atoms with Crippen molar-refractivity contribution in [1.29, 1.82) is 0 Å². The number of esters is 1. The molecule has 17 heavy (non-hydrogen) atoms. The van der Waals surface area contributed by atoms with Crippen LogP contribution in [0.15, 0.2) is 22.7 Å². The lowest BCUT2D eigenvalue weighted by Gasteiger charge is -2.06. The van der Waals surface area contributed by atoms with Crippen LogP contribution in [0.3, 0.4) is 0 Å². The van der Waals surface area contributed by atoms with E-state index in [0.29, 0.717) is 11.1 Å². The van der Waals surface area contributed by atoms with Gasteiger partial charge >= 0.3 is 5.97 Å². The number of methoxy groups -OCH3 is 1. The summed E-state index contributed by atoms with van der Waals surface area (Å²) in [6, 6.07) is 5.38. The summed E-state index contributed by atoms with van der Waals surface area (Å²) in [7, 11) is -0.0787. The fourth-order valence-corrected chi connectivity index (χ4v) is 2.03. The average molecular weight is 311 g/mol. The Hall–Kier alpha value is -1.05. The van der Waals surface area contributed by atoms with Crippen LogP contribution < -0.4 is 0 Å². The quantitative estimate of drug-likeness (QED) is 0.451. The molecule has 0 heterocycles. The first-order valence-corrected chi connectivity index (χ1v) is 9.54. The van der Waals surface area contributed by atoms with E-state index < -0.39 is 8.07 Å². The van der Waals surface area contributed by atoms with E-state index in [1.54, 1.807) is 6.07 Å². The second-order valence-corrected chi connectivity index (χ2v) is 10.3. The first-order valence-electron chi connectivity index (χ1n) is 5.24. The molecule has 0 aliphatic heterocycles. The number of benzene rings is 1. The fraction of sp³-hybridized carbons (Fsp3) is 0.308. The van der Waals surface area contributed by atoms with Crippen LogP contribution in [-0.2, 0) is 4.74 Å². The maximum absolute atomic E-state index is 11.6. The van der Waals surface area contributed by atoms with Crippen LogP contribution in [0.1, 0.15) is 15.9 Å². The molecule has 0 unspecified atom stereocenters. The normalized spacial score (nSPS) is 10.4. The molecule has 1 aromatic carbocycles. The molecule has 2 nitrogen and oxygen atoms in total. The molecule has 0 atom stereocenters. The summed E-state index contributed by atoms with van der Waals surface area (Å²) in [5.41, 5.74) is 4.48. The van der Waals surface area contributed by atoms with Crippen molar-refractivity contribution in [1.82, 2.24) is 0 Å². The van der Waals surface area contributed by atoms with Gasteiger partial charge in [0.05, 0.1) is 12.7 Å². The molecule has 0 N–H and O–H groups in total. The molecule has 0 saturated heterocycles. The summed E-state index contributed by atoms with van der Waals surface area (Å²) < 4.78 is 5.65. The predicted molar refractivity (Wildman–Crippen MR) is 75.7 cm³/mol. The van der Waals surface area contributed by atoms with E-state index in [2.05, 4.69) is 47.0 Å². The summed E-state index contributed by atoms with van der Waals surface area (Å²) in [5, 5.41) is 0. The SMILES string of the molecule is COC(=O)c1ccc(Br)cc1C#C[Si](C)(C)C. The van der Waals surface area contributed by atoms with Crippen LogP contribution in [-0.4, -0.2) is 21.2 Å². The maximum Gasteiger partial charge on any atom is 0.339 e. The van der Waals surface area contributed by atoms with E-state index in [4.69, 9.17) is 4.74 Å². The standard InChI is InChI=1S/C13H15BrO2Si/c1-16-13(15)12-6-5-11(14)9-10(12)7-8-17(2,3)4/h5-6,9H,1-4H3. The van der Waals surface area contributed by atoms with E-state index in [9.17, 15) is 4.79 Å². The van der Waals surface area contributed by atoms with Gasteiger partial charge in [0, 0.05) is 10.0 Å². The van der Waals surface area contributed by atoms with Gasteiger partial charge in [-0.25, -0.2) is 4.79 Å². The highest BCUT2D eigenvalue weighted by Gasteiger charge is 2.12. The third kappa shape index (κ3) is 4.37. The van der Waals surface area contributed by atoms with Gasteiger partial charge in [0.15, 0.2) is 0 Å². The topological polar surface area (TPSA) is 26.3 Å². The first kappa shape index (κ1) is 14.0. The molecular formula is C13H15BrO2Si. The van der Waals surface area contributed by atoms with Crippen molar-refractivity contribution < 1.29 is 9.53 Å². The van der Waals surface area contributed by atoms with Crippen LogP contribution in [0, 0.1) is 11.5 Å². The number of ether oxygens (including phenoxy) is 1. The van der Waals surface area contributed by atoms with E-state index in [1.807, 2.05) is 12.1 Å². The van der Waals surface area contributed by atoms with E-state index in [-0.39, 0.29) is 5.97 Å².